The van der Waals surface area contributed by atoms with Gasteiger partial charge in [0.25, 0.3) is 0 Å². The van der Waals surface area contributed by atoms with Gasteiger partial charge in [-0.25, -0.2) is 0 Å². The maximum absolute atomic E-state index is 5.13. The van der Waals surface area contributed by atoms with Crippen molar-refractivity contribution in [2.45, 2.75) is 19.8 Å². The van der Waals surface area contributed by atoms with Crippen LogP contribution in [0.3, 0.4) is 0 Å². The van der Waals surface area contributed by atoms with Gasteiger partial charge < -0.3 is 4.43 Å². The molecular weight excluding hydrogens is 164 g/mol. The van der Waals surface area contributed by atoms with E-state index in [-0.39, 0.29) is 0 Å². The van der Waals surface area contributed by atoms with Crippen molar-refractivity contribution in [1.29, 1.82) is 0 Å². The largest absolute Gasteiger partial charge is 0.428 e. The number of rotatable bonds is 4. The average Bonchev–Trinajstić information content (AvgIpc) is 2.09. The molecule has 0 bridgehead atoms. The second-order valence-corrected chi connectivity index (χ2v) is 3.66. The highest BCUT2D eigenvalue weighted by molar-refractivity contribution is 5.97. The first-order valence-electron chi connectivity index (χ1n) is 4.37. The van der Waals surface area contributed by atoms with E-state index in [4.69, 9.17) is 4.43 Å². The lowest BCUT2D eigenvalue weighted by atomic mass is 10.1. The summed E-state index contributed by atoms with van der Waals surface area (Å²) in [5.41, 5.74) is 2.75. The van der Waals surface area contributed by atoms with Crippen molar-refractivity contribution in [2.24, 2.45) is 0 Å². The van der Waals surface area contributed by atoms with Crippen LogP contribution < -0.4 is 0 Å². The summed E-state index contributed by atoms with van der Waals surface area (Å²) in [7, 11) is 0.864. The summed E-state index contributed by atoms with van der Waals surface area (Å²) in [4.78, 5) is 0. The Hall–Kier alpha value is -0.603. The quantitative estimate of drug-likeness (QED) is 0.500. The van der Waals surface area contributed by atoms with E-state index in [1.165, 1.54) is 11.1 Å². The topological polar surface area (TPSA) is 9.23 Å². The standard InChI is InChI=1S/C10H16OSi/c1-9-4-6-10(7-5-9)3-2-8-11-12/h4-7H,2-3,8H2,1,12H3. The van der Waals surface area contributed by atoms with Gasteiger partial charge >= 0.3 is 0 Å². The predicted octanol–water partition coefficient (Wildman–Crippen LogP) is 1.22. The van der Waals surface area contributed by atoms with Gasteiger partial charge in [0.2, 0.25) is 0 Å². The van der Waals surface area contributed by atoms with E-state index in [0.29, 0.717) is 0 Å². The Morgan fingerprint density at radius 3 is 2.50 bits per heavy atom. The first-order valence-corrected chi connectivity index (χ1v) is 5.19. The van der Waals surface area contributed by atoms with E-state index in [9.17, 15) is 0 Å². The van der Waals surface area contributed by atoms with Crippen LogP contribution in [0.1, 0.15) is 17.5 Å². The highest BCUT2D eigenvalue weighted by Gasteiger charge is 1.91. The van der Waals surface area contributed by atoms with Gasteiger partial charge in [-0.05, 0) is 25.3 Å². The number of hydrogen-bond acceptors (Lipinski definition) is 1. The molecule has 0 atom stereocenters. The summed E-state index contributed by atoms with van der Waals surface area (Å²) < 4.78 is 5.13. The predicted molar refractivity (Wildman–Crippen MR) is 55.4 cm³/mol. The van der Waals surface area contributed by atoms with Crippen LogP contribution >= 0.6 is 0 Å². The third-order valence-electron chi connectivity index (χ3n) is 1.93. The molecule has 2 heteroatoms. The van der Waals surface area contributed by atoms with Gasteiger partial charge in [-0.3, -0.25) is 0 Å². The maximum Gasteiger partial charge on any atom is 0.145 e. The van der Waals surface area contributed by atoms with Crippen LogP contribution in [0.15, 0.2) is 24.3 Å². The molecule has 0 aliphatic rings. The molecule has 66 valence electrons. The zero-order valence-corrected chi connectivity index (χ0v) is 9.84. The molecule has 0 N–H and O–H groups in total. The summed E-state index contributed by atoms with van der Waals surface area (Å²) in [6, 6.07) is 8.72. The van der Waals surface area contributed by atoms with Crippen LogP contribution in [0, 0.1) is 6.92 Å². The van der Waals surface area contributed by atoms with Gasteiger partial charge in [0.05, 0.1) is 0 Å². The molecule has 1 aromatic carbocycles. The summed E-state index contributed by atoms with van der Waals surface area (Å²) in [6.07, 6.45) is 2.29. The number of hydrogen-bond donors (Lipinski definition) is 0. The molecule has 0 aliphatic heterocycles. The van der Waals surface area contributed by atoms with Crippen molar-refractivity contribution in [3.8, 4) is 0 Å². The molecule has 1 nitrogen and oxygen atoms in total. The fourth-order valence-electron chi connectivity index (χ4n) is 1.18. The van der Waals surface area contributed by atoms with Crippen molar-refractivity contribution in [3.05, 3.63) is 35.4 Å². The molecule has 0 saturated heterocycles. The third-order valence-corrected chi connectivity index (χ3v) is 2.34. The van der Waals surface area contributed by atoms with Gasteiger partial charge in [-0.15, -0.1) is 0 Å². The molecule has 0 radical (unpaired) electrons. The van der Waals surface area contributed by atoms with Crippen LogP contribution in [0.4, 0.5) is 0 Å². The molecule has 0 aliphatic carbocycles. The summed E-state index contributed by atoms with van der Waals surface area (Å²) in [5.74, 6) is 0. The molecule has 1 rings (SSSR count). The van der Waals surface area contributed by atoms with Crippen LogP contribution in [-0.2, 0) is 10.8 Å². The maximum atomic E-state index is 5.13. The third kappa shape index (κ3) is 3.20. The zero-order chi connectivity index (χ0) is 8.81. The Morgan fingerprint density at radius 1 is 1.25 bits per heavy atom. The molecule has 0 saturated carbocycles. The molecule has 0 amide bonds. The zero-order valence-electron chi connectivity index (χ0n) is 7.84. The van der Waals surface area contributed by atoms with Crippen LogP contribution in [0.2, 0.25) is 0 Å². The van der Waals surface area contributed by atoms with Crippen molar-refractivity contribution < 1.29 is 4.43 Å². The SMILES string of the molecule is Cc1ccc(CCCO[SiH3])cc1. The molecule has 0 fully saturated rings. The lowest BCUT2D eigenvalue weighted by Gasteiger charge is -2.01. The van der Waals surface area contributed by atoms with Crippen LogP contribution in [-0.4, -0.2) is 17.1 Å². The second-order valence-electron chi connectivity index (χ2n) is 3.08. The Morgan fingerprint density at radius 2 is 1.92 bits per heavy atom. The lowest BCUT2D eigenvalue weighted by Crippen LogP contribution is -1.93. The van der Waals surface area contributed by atoms with Gasteiger partial charge in [0.1, 0.15) is 10.5 Å². The molecular formula is C10H16OSi. The molecule has 0 spiro atoms. The van der Waals surface area contributed by atoms with Crippen LogP contribution in [0.5, 0.6) is 0 Å². The fourth-order valence-corrected chi connectivity index (χ4v) is 1.46. The number of aryl methyl sites for hydroxylation is 2. The molecule has 1 aromatic rings. The second kappa shape index (κ2) is 5.12. The van der Waals surface area contributed by atoms with Gasteiger partial charge in [-0.1, -0.05) is 29.8 Å². The van der Waals surface area contributed by atoms with Gasteiger partial charge in [-0.2, -0.15) is 0 Å². The fraction of sp³-hybridized carbons (Fsp3) is 0.400. The monoisotopic (exact) mass is 180 g/mol. The van der Waals surface area contributed by atoms with Crippen molar-refractivity contribution in [2.75, 3.05) is 6.61 Å². The molecule has 0 heterocycles. The molecule has 0 unspecified atom stereocenters. The van der Waals surface area contributed by atoms with E-state index >= 15 is 0 Å². The normalized spacial score (nSPS) is 10.4. The van der Waals surface area contributed by atoms with Crippen molar-refractivity contribution >= 4 is 10.5 Å². The Labute approximate surface area is 77.3 Å². The summed E-state index contributed by atoms with van der Waals surface area (Å²) >= 11 is 0. The van der Waals surface area contributed by atoms with E-state index in [0.717, 1.165) is 29.9 Å². The van der Waals surface area contributed by atoms with Gasteiger partial charge in [0.15, 0.2) is 0 Å². The van der Waals surface area contributed by atoms with E-state index in [1.54, 1.807) is 0 Å². The Balaban J connectivity index is 2.37. The van der Waals surface area contributed by atoms with E-state index in [2.05, 4.69) is 31.2 Å². The molecule has 0 aromatic heterocycles. The smallest absolute Gasteiger partial charge is 0.145 e. The van der Waals surface area contributed by atoms with Crippen LogP contribution in [0.25, 0.3) is 0 Å². The minimum atomic E-state index is 0.864. The Kier molecular flexibility index (Phi) is 4.04. The summed E-state index contributed by atoms with van der Waals surface area (Å²) in [6.45, 7) is 3.03. The summed E-state index contributed by atoms with van der Waals surface area (Å²) in [5, 5.41) is 0. The average molecular weight is 180 g/mol. The van der Waals surface area contributed by atoms with E-state index in [1.807, 2.05) is 0 Å². The Bertz CT molecular complexity index is 218. The highest BCUT2D eigenvalue weighted by atomic mass is 28.2. The first kappa shape index (κ1) is 9.48. The lowest BCUT2D eigenvalue weighted by molar-refractivity contribution is 0.341. The minimum Gasteiger partial charge on any atom is -0.428 e. The molecule has 12 heavy (non-hydrogen) atoms. The minimum absolute atomic E-state index is 0.864. The van der Waals surface area contributed by atoms with Crippen molar-refractivity contribution in [1.82, 2.24) is 0 Å². The number of benzene rings is 1. The van der Waals surface area contributed by atoms with Gasteiger partial charge in [0, 0.05) is 6.61 Å². The van der Waals surface area contributed by atoms with Crippen molar-refractivity contribution in [3.63, 3.8) is 0 Å². The van der Waals surface area contributed by atoms with E-state index < -0.39 is 0 Å². The highest BCUT2D eigenvalue weighted by Crippen LogP contribution is 2.05. The first-order chi connectivity index (χ1) is 5.83.